The van der Waals surface area contributed by atoms with E-state index >= 15 is 0 Å². The van der Waals surface area contributed by atoms with Crippen LogP contribution in [-0.2, 0) is 0 Å². The van der Waals surface area contributed by atoms with Gasteiger partial charge in [-0.25, -0.2) is 0 Å². The molecule has 1 saturated heterocycles. The normalized spacial score (nSPS) is 14.3. The molecule has 0 spiro atoms. The van der Waals surface area contributed by atoms with E-state index in [2.05, 4.69) is 25.8 Å². The van der Waals surface area contributed by atoms with Gasteiger partial charge in [-0.1, -0.05) is 23.2 Å². The molecule has 3 N–H and O–H groups in total. The molecule has 5 nitrogen and oxygen atoms in total. The maximum atomic E-state index is 6.03. The average molecular weight is 497 g/mol. The summed E-state index contributed by atoms with van der Waals surface area (Å²) in [6.07, 6.45) is 0. The van der Waals surface area contributed by atoms with E-state index in [4.69, 9.17) is 47.6 Å². The molecule has 0 bridgehead atoms. The number of benzene rings is 2. The van der Waals surface area contributed by atoms with Crippen molar-refractivity contribution >= 4 is 69.2 Å². The van der Waals surface area contributed by atoms with Crippen LogP contribution >= 0.6 is 47.6 Å². The highest BCUT2D eigenvalue weighted by Crippen LogP contribution is 2.21. The van der Waals surface area contributed by atoms with E-state index in [1.807, 2.05) is 50.2 Å². The molecule has 9 heteroatoms. The van der Waals surface area contributed by atoms with Gasteiger partial charge < -0.3 is 20.9 Å². The van der Waals surface area contributed by atoms with Gasteiger partial charge in [-0.05, 0) is 85.8 Å². The fourth-order valence-corrected chi connectivity index (χ4v) is 4.36. The molecule has 0 amide bonds. The summed E-state index contributed by atoms with van der Waals surface area (Å²) < 4.78 is 0. The summed E-state index contributed by atoms with van der Waals surface area (Å²) in [5.74, 6) is 0. The Bertz CT molecular complexity index is 943. The Balaban J connectivity index is 1.37. The smallest absolute Gasteiger partial charge is 0.173 e. The Morgan fingerprint density at radius 3 is 1.97 bits per heavy atom. The molecule has 3 rings (SSSR count). The van der Waals surface area contributed by atoms with E-state index in [0.717, 1.165) is 76.9 Å². The molecule has 1 heterocycles. The number of hydrogen-bond donors (Lipinski definition) is 3. The lowest BCUT2D eigenvalue weighted by atomic mass is 10.2. The summed E-state index contributed by atoms with van der Waals surface area (Å²) in [6, 6.07) is 11.5. The molecule has 1 aliphatic heterocycles. The molecule has 31 heavy (non-hydrogen) atoms. The zero-order valence-electron chi connectivity index (χ0n) is 17.7. The van der Waals surface area contributed by atoms with Crippen LogP contribution in [0.5, 0.6) is 0 Å². The minimum Gasteiger partial charge on any atom is -0.361 e. The van der Waals surface area contributed by atoms with E-state index in [-0.39, 0.29) is 0 Å². The van der Waals surface area contributed by atoms with E-state index in [0.29, 0.717) is 5.11 Å². The van der Waals surface area contributed by atoms with Crippen molar-refractivity contribution in [1.29, 1.82) is 0 Å². The quantitative estimate of drug-likeness (QED) is 0.509. The molecule has 1 fully saturated rings. The number of nitrogens with zero attached hydrogens (tertiary/aromatic N) is 2. The molecule has 2 aromatic rings. The molecule has 1 aliphatic rings. The maximum Gasteiger partial charge on any atom is 0.173 e. The summed E-state index contributed by atoms with van der Waals surface area (Å²) in [5, 5.41) is 12.7. The Hall–Kier alpha value is -1.64. The van der Waals surface area contributed by atoms with Crippen molar-refractivity contribution in [2.75, 3.05) is 49.9 Å². The van der Waals surface area contributed by atoms with Crippen LogP contribution in [0, 0.1) is 13.8 Å². The topological polar surface area (TPSA) is 42.6 Å². The van der Waals surface area contributed by atoms with Gasteiger partial charge in [0.05, 0.1) is 0 Å². The van der Waals surface area contributed by atoms with Crippen molar-refractivity contribution in [1.82, 2.24) is 15.1 Å². The second kappa shape index (κ2) is 11.3. The maximum absolute atomic E-state index is 6.03. The van der Waals surface area contributed by atoms with Gasteiger partial charge >= 0.3 is 0 Å². The molecule has 0 saturated carbocycles. The van der Waals surface area contributed by atoms with Crippen molar-refractivity contribution in [3.8, 4) is 0 Å². The van der Waals surface area contributed by atoms with Gasteiger partial charge in [-0.2, -0.15) is 0 Å². The highest BCUT2D eigenvalue weighted by molar-refractivity contribution is 7.80. The largest absolute Gasteiger partial charge is 0.361 e. The number of halogens is 2. The predicted molar refractivity (Wildman–Crippen MR) is 141 cm³/mol. The number of piperazine rings is 1. The highest BCUT2D eigenvalue weighted by Gasteiger charge is 2.19. The highest BCUT2D eigenvalue weighted by atomic mass is 35.5. The third-order valence-electron chi connectivity index (χ3n) is 5.24. The third kappa shape index (κ3) is 7.19. The molecule has 0 radical (unpaired) electrons. The van der Waals surface area contributed by atoms with Crippen LogP contribution < -0.4 is 16.0 Å². The van der Waals surface area contributed by atoms with Crippen LogP contribution in [0.1, 0.15) is 11.1 Å². The molecule has 0 aromatic heterocycles. The fourth-order valence-electron chi connectivity index (χ4n) is 3.40. The number of thiocarbonyl (C=S) groups is 2. The summed E-state index contributed by atoms with van der Waals surface area (Å²) in [6.45, 7) is 9.44. The molecule has 166 valence electrons. The van der Waals surface area contributed by atoms with Crippen molar-refractivity contribution in [3.05, 3.63) is 57.6 Å². The van der Waals surface area contributed by atoms with Gasteiger partial charge in [0, 0.05) is 60.7 Å². The predicted octanol–water partition coefficient (Wildman–Crippen LogP) is 4.91. The summed E-state index contributed by atoms with van der Waals surface area (Å²) in [4.78, 5) is 4.62. The number of anilines is 2. The van der Waals surface area contributed by atoms with Gasteiger partial charge in [0.2, 0.25) is 0 Å². The van der Waals surface area contributed by atoms with Crippen molar-refractivity contribution in [2.45, 2.75) is 13.8 Å². The minimum atomic E-state index is 0.618. The second-order valence-corrected chi connectivity index (χ2v) is 9.23. The van der Waals surface area contributed by atoms with Gasteiger partial charge in [0.25, 0.3) is 0 Å². The number of rotatable bonds is 5. The van der Waals surface area contributed by atoms with Crippen molar-refractivity contribution < 1.29 is 0 Å². The zero-order chi connectivity index (χ0) is 22.4. The van der Waals surface area contributed by atoms with Crippen molar-refractivity contribution in [2.24, 2.45) is 0 Å². The zero-order valence-corrected chi connectivity index (χ0v) is 20.8. The standard InChI is InChI=1S/C22H27Cl2N5S2/c1-15-13-17(23)3-5-19(15)26-21(30)25-7-8-28-9-11-29(12-10-28)22(31)27-20-6-4-18(24)14-16(20)2/h3-6,13-14H,7-12H2,1-2H3,(H,27,31)(H2,25,26,30). The monoisotopic (exact) mass is 495 g/mol. The first-order valence-electron chi connectivity index (χ1n) is 10.2. The van der Waals surface area contributed by atoms with Crippen LogP contribution in [0.3, 0.4) is 0 Å². The summed E-state index contributed by atoms with van der Waals surface area (Å²) in [5.41, 5.74) is 4.11. The Morgan fingerprint density at radius 2 is 1.42 bits per heavy atom. The van der Waals surface area contributed by atoms with E-state index in [1.165, 1.54) is 0 Å². The number of hydrogen-bond acceptors (Lipinski definition) is 3. The van der Waals surface area contributed by atoms with E-state index in [1.54, 1.807) is 0 Å². The van der Waals surface area contributed by atoms with Gasteiger partial charge in [-0.3, -0.25) is 4.90 Å². The average Bonchev–Trinajstić information content (AvgIpc) is 2.72. The van der Waals surface area contributed by atoms with Crippen LogP contribution in [0.2, 0.25) is 10.0 Å². The third-order valence-corrected chi connectivity index (χ3v) is 6.32. The molecule has 0 atom stereocenters. The molecular formula is C22H27Cl2N5S2. The van der Waals surface area contributed by atoms with Gasteiger partial charge in [0.15, 0.2) is 10.2 Å². The van der Waals surface area contributed by atoms with Crippen LogP contribution in [0.25, 0.3) is 0 Å². The van der Waals surface area contributed by atoms with Gasteiger partial charge in [0.1, 0.15) is 0 Å². The van der Waals surface area contributed by atoms with Crippen LogP contribution in [0.15, 0.2) is 36.4 Å². The number of nitrogens with one attached hydrogen (secondary N) is 3. The first-order valence-corrected chi connectivity index (χ1v) is 11.7. The van der Waals surface area contributed by atoms with E-state index in [9.17, 15) is 0 Å². The van der Waals surface area contributed by atoms with Gasteiger partial charge in [-0.15, -0.1) is 0 Å². The summed E-state index contributed by atoms with van der Waals surface area (Å²) >= 11 is 23.1. The SMILES string of the molecule is Cc1cc(Cl)ccc1NC(=S)NCCN1CCN(C(=S)Nc2ccc(Cl)cc2C)CC1. The van der Waals surface area contributed by atoms with Crippen molar-refractivity contribution in [3.63, 3.8) is 0 Å². The minimum absolute atomic E-state index is 0.618. The fraction of sp³-hybridized carbons (Fsp3) is 0.364. The Labute approximate surface area is 205 Å². The summed E-state index contributed by atoms with van der Waals surface area (Å²) in [7, 11) is 0. The Morgan fingerprint density at radius 1 is 0.871 bits per heavy atom. The molecule has 0 unspecified atom stereocenters. The van der Waals surface area contributed by atoms with Crippen LogP contribution in [-0.4, -0.2) is 59.3 Å². The van der Waals surface area contributed by atoms with Crippen LogP contribution in [0.4, 0.5) is 11.4 Å². The number of aryl methyl sites for hydroxylation is 2. The molecule has 2 aromatic carbocycles. The second-order valence-electron chi connectivity index (χ2n) is 7.56. The molecule has 0 aliphatic carbocycles. The lowest BCUT2D eigenvalue weighted by molar-refractivity contribution is 0.186. The Kier molecular flexibility index (Phi) is 8.75. The first-order chi connectivity index (χ1) is 14.8. The first kappa shape index (κ1) is 24.0. The molecular weight excluding hydrogens is 469 g/mol. The van der Waals surface area contributed by atoms with E-state index < -0.39 is 0 Å². The lowest BCUT2D eigenvalue weighted by Crippen LogP contribution is -2.51. The lowest BCUT2D eigenvalue weighted by Gasteiger charge is -2.36.